The Morgan fingerprint density at radius 2 is 1.69 bits per heavy atom. The van der Waals surface area contributed by atoms with Gasteiger partial charge in [0.25, 0.3) is 5.56 Å². The van der Waals surface area contributed by atoms with Crippen molar-refractivity contribution >= 4 is 21.1 Å². The van der Waals surface area contributed by atoms with Gasteiger partial charge in [0, 0.05) is 52.0 Å². The van der Waals surface area contributed by atoms with Gasteiger partial charge in [-0.15, -0.1) is 0 Å². The number of hydrogen-bond acceptors (Lipinski definition) is 6. The van der Waals surface area contributed by atoms with E-state index in [1.54, 1.807) is 44.5 Å². The van der Waals surface area contributed by atoms with Crippen LogP contribution in [0.1, 0.15) is 18.9 Å². The minimum atomic E-state index is -3.65. The predicted molar refractivity (Wildman–Crippen MR) is 151 cm³/mol. The van der Waals surface area contributed by atoms with E-state index >= 15 is 0 Å². The van der Waals surface area contributed by atoms with E-state index in [4.69, 9.17) is 4.74 Å². The summed E-state index contributed by atoms with van der Waals surface area (Å²) < 4.78 is 36.2. The average Bonchev–Trinajstić information content (AvgIpc) is 3.41. The Kier molecular flexibility index (Phi) is 7.48. The van der Waals surface area contributed by atoms with E-state index in [2.05, 4.69) is 9.88 Å². The number of sulfonamides is 1. The fraction of sp³-hybridized carbons (Fsp3) is 0.357. The molecular formula is C28H33N5O5S. The summed E-state index contributed by atoms with van der Waals surface area (Å²) in [5, 5.41) is 0. The highest BCUT2D eigenvalue weighted by Crippen LogP contribution is 2.25. The fourth-order valence-electron chi connectivity index (χ4n) is 5.07. The van der Waals surface area contributed by atoms with Crippen molar-refractivity contribution in [2.75, 3.05) is 33.3 Å². The number of aromatic nitrogens is 3. The third-order valence-corrected chi connectivity index (χ3v) is 9.17. The lowest BCUT2D eigenvalue weighted by Gasteiger charge is -2.34. The van der Waals surface area contributed by atoms with Gasteiger partial charge in [0.1, 0.15) is 11.3 Å². The van der Waals surface area contributed by atoms with Crippen molar-refractivity contribution in [2.24, 2.45) is 7.05 Å². The number of H-pyrrole nitrogens is 1. The van der Waals surface area contributed by atoms with Crippen LogP contribution in [0.2, 0.25) is 0 Å². The van der Waals surface area contributed by atoms with E-state index in [1.165, 1.54) is 13.4 Å². The number of nitrogens with zero attached hydrogens (tertiary/aromatic N) is 4. The third kappa shape index (κ3) is 5.17. The molecule has 3 heterocycles. The van der Waals surface area contributed by atoms with Crippen molar-refractivity contribution in [1.29, 1.82) is 0 Å². The van der Waals surface area contributed by atoms with Crippen LogP contribution < -0.4 is 16.0 Å². The number of aromatic amines is 1. The zero-order chi connectivity index (χ0) is 27.7. The zero-order valence-electron chi connectivity index (χ0n) is 22.4. The first-order valence-electron chi connectivity index (χ1n) is 13.0. The summed E-state index contributed by atoms with van der Waals surface area (Å²) in [4.78, 5) is 31.1. The second kappa shape index (κ2) is 10.8. The quantitative estimate of drug-likeness (QED) is 0.361. The van der Waals surface area contributed by atoms with E-state index < -0.39 is 10.0 Å². The van der Waals surface area contributed by atoms with Gasteiger partial charge in [0.15, 0.2) is 0 Å². The molecule has 1 N–H and O–H groups in total. The SMILES string of the molecule is CCCn1c(=O)c2[nH]c(-c3ccc(S(=O)(=O)N4CCN(Cc5cccc(OC)c5)CC4)cc3)cc2n(C)c1=O. The smallest absolute Gasteiger partial charge is 0.331 e. The van der Waals surface area contributed by atoms with Crippen molar-refractivity contribution in [3.8, 4) is 17.0 Å². The summed E-state index contributed by atoms with van der Waals surface area (Å²) in [5.41, 5.74) is 2.64. The average molecular weight is 552 g/mol. The highest BCUT2D eigenvalue weighted by atomic mass is 32.2. The number of piperazine rings is 1. The summed E-state index contributed by atoms with van der Waals surface area (Å²) in [6.07, 6.45) is 0.668. The number of methoxy groups -OCH3 is 1. The molecule has 2 aromatic carbocycles. The Morgan fingerprint density at radius 3 is 2.36 bits per heavy atom. The highest BCUT2D eigenvalue weighted by Gasteiger charge is 2.28. The van der Waals surface area contributed by atoms with E-state index in [0.29, 0.717) is 55.9 Å². The second-order valence-electron chi connectivity index (χ2n) is 9.80. The van der Waals surface area contributed by atoms with Crippen molar-refractivity contribution in [3.05, 3.63) is 81.0 Å². The van der Waals surface area contributed by atoms with Gasteiger partial charge in [-0.2, -0.15) is 4.31 Å². The maximum atomic E-state index is 13.4. The van der Waals surface area contributed by atoms with Crippen LogP contribution in [-0.4, -0.2) is 65.0 Å². The molecule has 5 rings (SSSR count). The van der Waals surface area contributed by atoms with Crippen LogP contribution in [0, 0.1) is 0 Å². The number of ether oxygens (including phenoxy) is 1. The number of benzene rings is 2. The normalized spacial score (nSPS) is 15.2. The highest BCUT2D eigenvalue weighted by molar-refractivity contribution is 7.89. The van der Waals surface area contributed by atoms with E-state index in [0.717, 1.165) is 23.4 Å². The first-order chi connectivity index (χ1) is 18.7. The molecule has 1 aliphatic heterocycles. The van der Waals surface area contributed by atoms with Crippen molar-refractivity contribution in [1.82, 2.24) is 23.3 Å². The number of hydrogen-bond donors (Lipinski definition) is 1. The number of rotatable bonds is 8. The molecule has 0 atom stereocenters. The van der Waals surface area contributed by atoms with Gasteiger partial charge in [-0.1, -0.05) is 31.2 Å². The Morgan fingerprint density at radius 1 is 0.974 bits per heavy atom. The molecule has 10 nitrogen and oxygen atoms in total. The Balaban J connectivity index is 1.31. The minimum Gasteiger partial charge on any atom is -0.497 e. The first-order valence-corrected chi connectivity index (χ1v) is 14.5. The molecule has 1 saturated heterocycles. The molecule has 0 unspecified atom stereocenters. The molecule has 2 aromatic heterocycles. The standard InChI is InChI=1S/C28H33N5O5S/c1-4-12-33-27(34)26-25(30(2)28(33)35)18-24(29-26)21-8-10-23(11-9-21)39(36,37)32-15-13-31(14-16-32)19-20-6-5-7-22(17-20)38-3/h5-11,17-18,29H,4,12-16,19H2,1-3H3. The van der Waals surface area contributed by atoms with E-state index in [1.807, 2.05) is 31.2 Å². The molecule has 4 aromatic rings. The molecule has 0 aliphatic carbocycles. The molecular weight excluding hydrogens is 518 g/mol. The molecule has 39 heavy (non-hydrogen) atoms. The number of aryl methyl sites for hydroxylation is 1. The predicted octanol–water partition coefficient (Wildman–Crippen LogP) is 2.62. The van der Waals surface area contributed by atoms with Gasteiger partial charge in [0.2, 0.25) is 10.0 Å². The lowest BCUT2D eigenvalue weighted by atomic mass is 10.1. The Hall–Kier alpha value is -3.67. The summed E-state index contributed by atoms with van der Waals surface area (Å²) >= 11 is 0. The topological polar surface area (TPSA) is 110 Å². The molecule has 0 saturated carbocycles. The lowest BCUT2D eigenvalue weighted by molar-refractivity contribution is 0.181. The van der Waals surface area contributed by atoms with Crippen LogP contribution in [-0.2, 0) is 30.2 Å². The number of fused-ring (bicyclic) bond motifs is 1. The molecule has 1 aliphatic rings. The van der Waals surface area contributed by atoms with Gasteiger partial charge in [-0.25, -0.2) is 13.2 Å². The Labute approximate surface area is 227 Å². The molecule has 1 fully saturated rings. The van der Waals surface area contributed by atoms with Gasteiger partial charge in [-0.05, 0) is 47.9 Å². The van der Waals surface area contributed by atoms with Gasteiger partial charge >= 0.3 is 5.69 Å². The van der Waals surface area contributed by atoms with Crippen LogP contribution in [0.5, 0.6) is 5.75 Å². The largest absolute Gasteiger partial charge is 0.497 e. The first kappa shape index (κ1) is 26.9. The maximum absolute atomic E-state index is 13.4. The minimum absolute atomic E-state index is 0.223. The summed E-state index contributed by atoms with van der Waals surface area (Å²) in [7, 11) is -0.365. The van der Waals surface area contributed by atoms with E-state index in [9.17, 15) is 18.0 Å². The molecule has 0 bridgehead atoms. The van der Waals surface area contributed by atoms with Crippen molar-refractivity contribution in [2.45, 2.75) is 31.3 Å². The summed E-state index contributed by atoms with van der Waals surface area (Å²) in [6, 6.07) is 16.3. The molecule has 0 spiro atoms. The molecule has 0 radical (unpaired) electrons. The van der Waals surface area contributed by atoms with Crippen LogP contribution in [0.15, 0.2) is 69.1 Å². The van der Waals surface area contributed by atoms with Crippen molar-refractivity contribution in [3.63, 3.8) is 0 Å². The third-order valence-electron chi connectivity index (χ3n) is 7.26. The van der Waals surface area contributed by atoms with Crippen molar-refractivity contribution < 1.29 is 13.2 Å². The lowest BCUT2D eigenvalue weighted by Crippen LogP contribution is -2.48. The van der Waals surface area contributed by atoms with Gasteiger partial charge in [0.05, 0.1) is 17.5 Å². The van der Waals surface area contributed by atoms with Crippen LogP contribution in [0.25, 0.3) is 22.3 Å². The van der Waals surface area contributed by atoms with E-state index in [-0.39, 0.29) is 16.1 Å². The molecule has 0 amide bonds. The molecule has 206 valence electrons. The second-order valence-corrected chi connectivity index (χ2v) is 11.7. The van der Waals surface area contributed by atoms with Crippen LogP contribution in [0.3, 0.4) is 0 Å². The zero-order valence-corrected chi connectivity index (χ0v) is 23.2. The fourth-order valence-corrected chi connectivity index (χ4v) is 6.49. The van der Waals surface area contributed by atoms with Gasteiger partial charge in [-0.3, -0.25) is 18.8 Å². The van der Waals surface area contributed by atoms with Crippen LogP contribution >= 0.6 is 0 Å². The number of nitrogens with one attached hydrogen (secondary N) is 1. The van der Waals surface area contributed by atoms with Gasteiger partial charge < -0.3 is 9.72 Å². The van der Waals surface area contributed by atoms with Crippen LogP contribution in [0.4, 0.5) is 0 Å². The maximum Gasteiger partial charge on any atom is 0.331 e. The molecule has 11 heteroatoms. The Bertz CT molecular complexity index is 1710. The summed E-state index contributed by atoms with van der Waals surface area (Å²) in [5.74, 6) is 0.808. The summed E-state index contributed by atoms with van der Waals surface area (Å²) in [6.45, 7) is 5.09. The monoisotopic (exact) mass is 551 g/mol.